The van der Waals surface area contributed by atoms with Gasteiger partial charge in [0.25, 0.3) is 5.91 Å². The quantitative estimate of drug-likeness (QED) is 0.400. The van der Waals surface area contributed by atoms with Gasteiger partial charge in [-0.3, -0.25) is 9.78 Å². The number of benzene rings is 2. The van der Waals surface area contributed by atoms with Crippen LogP contribution in [0.5, 0.6) is 0 Å². The molecule has 0 bridgehead atoms. The van der Waals surface area contributed by atoms with Crippen LogP contribution in [0, 0.1) is 0 Å². The molecule has 3 rings (SSSR count). The molecule has 3 nitrogen and oxygen atoms in total. The molecule has 0 aliphatic carbocycles. The number of hydrogen-bond acceptors (Lipinski definition) is 2. The van der Waals surface area contributed by atoms with Crippen LogP contribution in [0.1, 0.15) is 21.5 Å². The Balaban J connectivity index is 1.90. The molecule has 0 aliphatic rings. The SMILES string of the molecule is O=C(Nc1ccc(Cl)c(C(F)(F)F)c1)c1ccc(-c2ncccc2C(F)(F)F)c(Cl)c1. The summed E-state index contributed by atoms with van der Waals surface area (Å²) in [5.74, 6) is -0.819. The van der Waals surface area contributed by atoms with E-state index in [0.29, 0.717) is 6.07 Å². The highest BCUT2D eigenvalue weighted by Gasteiger charge is 2.35. The van der Waals surface area contributed by atoms with Crippen LogP contribution in [-0.2, 0) is 12.4 Å². The predicted molar refractivity (Wildman–Crippen MR) is 104 cm³/mol. The third kappa shape index (κ3) is 5.11. The number of nitrogens with one attached hydrogen (secondary N) is 1. The molecule has 0 fully saturated rings. The topological polar surface area (TPSA) is 42.0 Å². The van der Waals surface area contributed by atoms with E-state index in [9.17, 15) is 31.1 Å². The normalized spacial score (nSPS) is 12.0. The number of carbonyl (C=O) groups excluding carboxylic acids is 1. The van der Waals surface area contributed by atoms with Crippen LogP contribution in [0.3, 0.4) is 0 Å². The van der Waals surface area contributed by atoms with Gasteiger partial charge in [0.05, 0.1) is 26.9 Å². The molecule has 0 saturated heterocycles. The lowest BCUT2D eigenvalue weighted by Gasteiger charge is -2.14. The number of anilines is 1. The Labute approximate surface area is 181 Å². The Kier molecular flexibility index (Phi) is 6.20. The van der Waals surface area contributed by atoms with E-state index in [1.54, 1.807) is 0 Å². The molecule has 0 saturated carbocycles. The van der Waals surface area contributed by atoms with Crippen molar-refractivity contribution in [1.29, 1.82) is 0 Å². The lowest BCUT2D eigenvalue weighted by molar-refractivity contribution is -0.138. The van der Waals surface area contributed by atoms with E-state index in [1.807, 2.05) is 0 Å². The van der Waals surface area contributed by atoms with Gasteiger partial charge < -0.3 is 5.32 Å². The summed E-state index contributed by atoms with van der Waals surface area (Å²) in [7, 11) is 0. The van der Waals surface area contributed by atoms with Crippen molar-refractivity contribution in [3.8, 4) is 11.3 Å². The van der Waals surface area contributed by atoms with E-state index in [-0.39, 0.29) is 21.8 Å². The Morgan fingerprint density at radius 1 is 0.839 bits per heavy atom. The maximum atomic E-state index is 13.2. The molecule has 1 aromatic heterocycles. The number of alkyl halides is 6. The average Bonchev–Trinajstić information content (AvgIpc) is 2.68. The molecule has 0 spiro atoms. The van der Waals surface area contributed by atoms with Crippen LogP contribution >= 0.6 is 23.2 Å². The smallest absolute Gasteiger partial charge is 0.322 e. The summed E-state index contributed by atoms with van der Waals surface area (Å²) in [4.78, 5) is 16.1. The van der Waals surface area contributed by atoms with Crippen molar-refractivity contribution in [1.82, 2.24) is 4.98 Å². The number of pyridine rings is 1. The third-order valence-corrected chi connectivity index (χ3v) is 4.77. The number of carbonyl (C=O) groups is 1. The summed E-state index contributed by atoms with van der Waals surface area (Å²) in [5, 5.41) is 1.54. The molecule has 0 aliphatic heterocycles. The van der Waals surface area contributed by atoms with Crippen molar-refractivity contribution >= 4 is 34.8 Å². The number of hydrogen-bond donors (Lipinski definition) is 1. The van der Waals surface area contributed by atoms with Crippen molar-refractivity contribution in [3.63, 3.8) is 0 Å². The molecular weight excluding hydrogens is 469 g/mol. The average molecular weight is 479 g/mol. The minimum atomic E-state index is -4.72. The summed E-state index contributed by atoms with van der Waals surface area (Å²) in [5.41, 5.74) is -2.87. The molecule has 2 aromatic carbocycles. The summed E-state index contributed by atoms with van der Waals surface area (Å²) >= 11 is 11.6. The molecule has 1 amide bonds. The van der Waals surface area contributed by atoms with E-state index in [1.165, 1.54) is 24.4 Å². The summed E-state index contributed by atoms with van der Waals surface area (Å²) < 4.78 is 78.6. The Morgan fingerprint density at radius 3 is 2.13 bits per heavy atom. The molecular formula is C20H10Cl2F6N2O. The van der Waals surface area contributed by atoms with E-state index in [4.69, 9.17) is 23.2 Å². The molecule has 31 heavy (non-hydrogen) atoms. The van der Waals surface area contributed by atoms with E-state index in [2.05, 4.69) is 10.3 Å². The van der Waals surface area contributed by atoms with Crippen LogP contribution in [0.15, 0.2) is 54.7 Å². The second-order valence-electron chi connectivity index (χ2n) is 6.24. The number of rotatable bonds is 3. The first kappa shape index (κ1) is 22.9. The second-order valence-corrected chi connectivity index (χ2v) is 7.05. The maximum absolute atomic E-state index is 13.2. The van der Waals surface area contributed by atoms with Gasteiger partial charge in [0, 0.05) is 23.0 Å². The van der Waals surface area contributed by atoms with Gasteiger partial charge in [0.15, 0.2) is 0 Å². The van der Waals surface area contributed by atoms with Gasteiger partial charge in [-0.25, -0.2) is 0 Å². The van der Waals surface area contributed by atoms with Gasteiger partial charge in [-0.2, -0.15) is 26.3 Å². The van der Waals surface area contributed by atoms with Gasteiger partial charge >= 0.3 is 12.4 Å². The van der Waals surface area contributed by atoms with Crippen molar-refractivity contribution in [2.45, 2.75) is 12.4 Å². The third-order valence-electron chi connectivity index (χ3n) is 4.13. The monoisotopic (exact) mass is 478 g/mol. The highest BCUT2D eigenvalue weighted by atomic mass is 35.5. The van der Waals surface area contributed by atoms with Crippen molar-refractivity contribution in [2.24, 2.45) is 0 Å². The first-order valence-corrected chi connectivity index (χ1v) is 9.14. The molecule has 11 heteroatoms. The fourth-order valence-electron chi connectivity index (χ4n) is 2.72. The standard InChI is InChI=1S/C20H10Cl2F6N2O/c21-15-6-4-11(9-14(15)20(26,27)28)30-18(31)10-3-5-12(16(22)8-10)17-13(19(23,24)25)2-1-7-29-17/h1-9H,(H,30,31). The molecule has 0 atom stereocenters. The van der Waals surface area contributed by atoms with Gasteiger partial charge in [-0.1, -0.05) is 29.3 Å². The van der Waals surface area contributed by atoms with Gasteiger partial charge in [0.2, 0.25) is 0 Å². The Bertz CT molecular complexity index is 1150. The molecule has 0 radical (unpaired) electrons. The number of halogens is 8. The highest BCUT2D eigenvalue weighted by molar-refractivity contribution is 6.34. The fourth-order valence-corrected chi connectivity index (χ4v) is 3.22. The molecule has 1 N–H and O–H groups in total. The van der Waals surface area contributed by atoms with Crippen LogP contribution in [0.4, 0.5) is 32.0 Å². The number of nitrogens with zero attached hydrogens (tertiary/aromatic N) is 1. The lowest BCUT2D eigenvalue weighted by atomic mass is 10.0. The zero-order valence-electron chi connectivity index (χ0n) is 15.1. The number of aromatic nitrogens is 1. The van der Waals surface area contributed by atoms with E-state index < -0.39 is 40.1 Å². The summed E-state index contributed by atoms with van der Waals surface area (Å²) in [6.07, 6.45) is -8.23. The van der Waals surface area contributed by atoms with Crippen LogP contribution < -0.4 is 5.32 Å². The highest BCUT2D eigenvalue weighted by Crippen LogP contribution is 2.39. The van der Waals surface area contributed by atoms with Gasteiger partial charge in [-0.05, 0) is 42.5 Å². The van der Waals surface area contributed by atoms with Crippen LogP contribution in [0.25, 0.3) is 11.3 Å². The minimum absolute atomic E-state index is 0.0583. The van der Waals surface area contributed by atoms with E-state index >= 15 is 0 Å². The van der Waals surface area contributed by atoms with Crippen molar-refractivity contribution < 1.29 is 31.1 Å². The van der Waals surface area contributed by atoms with Crippen LogP contribution in [-0.4, -0.2) is 10.9 Å². The molecule has 0 unspecified atom stereocenters. The van der Waals surface area contributed by atoms with Gasteiger partial charge in [-0.15, -0.1) is 0 Å². The van der Waals surface area contributed by atoms with Crippen LogP contribution in [0.2, 0.25) is 10.0 Å². The summed E-state index contributed by atoms with van der Waals surface area (Å²) in [6, 6.07) is 8.26. The Hall–Kier alpha value is -2.78. The van der Waals surface area contributed by atoms with Gasteiger partial charge in [0.1, 0.15) is 0 Å². The zero-order chi connectivity index (χ0) is 23.0. The largest absolute Gasteiger partial charge is 0.418 e. The van der Waals surface area contributed by atoms with Crippen molar-refractivity contribution in [2.75, 3.05) is 5.32 Å². The first-order chi connectivity index (χ1) is 14.4. The summed E-state index contributed by atoms with van der Waals surface area (Å²) in [6.45, 7) is 0. The minimum Gasteiger partial charge on any atom is -0.322 e. The van der Waals surface area contributed by atoms with E-state index in [0.717, 1.165) is 24.3 Å². The second kappa shape index (κ2) is 8.39. The van der Waals surface area contributed by atoms with Crippen molar-refractivity contribution in [3.05, 3.63) is 81.5 Å². The fraction of sp³-hybridized carbons (Fsp3) is 0.100. The predicted octanol–water partition coefficient (Wildman–Crippen LogP) is 7.35. The number of amides is 1. The first-order valence-electron chi connectivity index (χ1n) is 8.38. The molecule has 1 heterocycles. The molecule has 3 aromatic rings. The lowest BCUT2D eigenvalue weighted by Crippen LogP contribution is -2.14. The molecule has 162 valence electrons. The maximum Gasteiger partial charge on any atom is 0.418 e. The Morgan fingerprint density at radius 2 is 1.52 bits per heavy atom. The zero-order valence-corrected chi connectivity index (χ0v) is 16.6.